The van der Waals surface area contributed by atoms with Crippen molar-refractivity contribution in [1.29, 1.82) is 0 Å². The fraction of sp³-hybridized carbons (Fsp3) is 0.118. The number of benzene rings is 1. The van der Waals surface area contributed by atoms with Gasteiger partial charge in [-0.15, -0.1) is 0 Å². The number of anilines is 1. The topological polar surface area (TPSA) is 72.7 Å². The quantitative estimate of drug-likeness (QED) is 0.505. The summed E-state index contributed by atoms with van der Waals surface area (Å²) >= 11 is 2.15. The highest BCUT2D eigenvalue weighted by atomic mass is 127. The Morgan fingerprint density at radius 2 is 2.12 bits per heavy atom. The Morgan fingerprint density at radius 1 is 1.29 bits per heavy atom. The third kappa shape index (κ3) is 3.91. The van der Waals surface area contributed by atoms with Gasteiger partial charge in [-0.3, -0.25) is 4.79 Å². The van der Waals surface area contributed by atoms with Crippen LogP contribution in [0.5, 0.6) is 0 Å². The zero-order chi connectivity index (χ0) is 17.1. The summed E-state index contributed by atoms with van der Waals surface area (Å²) in [4.78, 5) is 28.1. The first-order chi connectivity index (χ1) is 11.5. The van der Waals surface area contributed by atoms with Gasteiger partial charge in [0, 0.05) is 21.7 Å². The first-order valence-corrected chi connectivity index (χ1v) is 8.27. The standard InChI is InChI=1S/C17H14IN3O3/c1-11-5-6-21-9-14(20-15(21)7-11)17(23)24-10-16(22)19-13-4-2-3-12(18)8-13/h2-9H,10H2,1H3,(H,19,22). The molecule has 0 atom stereocenters. The van der Waals surface area contributed by atoms with E-state index in [-0.39, 0.29) is 12.3 Å². The molecule has 2 aromatic heterocycles. The molecule has 0 saturated carbocycles. The van der Waals surface area contributed by atoms with Crippen LogP contribution in [0.25, 0.3) is 5.65 Å². The number of nitrogens with one attached hydrogen (secondary N) is 1. The second kappa shape index (κ2) is 7.00. The molecule has 0 aliphatic carbocycles. The van der Waals surface area contributed by atoms with Crippen LogP contribution in [-0.4, -0.2) is 27.9 Å². The summed E-state index contributed by atoms with van der Waals surface area (Å²) in [5, 5.41) is 2.68. The molecule has 122 valence electrons. The lowest BCUT2D eigenvalue weighted by atomic mass is 10.3. The molecule has 7 heteroatoms. The number of hydrogen-bond donors (Lipinski definition) is 1. The number of carbonyl (C=O) groups is 2. The molecule has 24 heavy (non-hydrogen) atoms. The van der Waals surface area contributed by atoms with E-state index in [1.807, 2.05) is 43.5 Å². The Hall–Kier alpha value is -2.42. The van der Waals surface area contributed by atoms with Crippen molar-refractivity contribution in [2.45, 2.75) is 6.92 Å². The van der Waals surface area contributed by atoms with E-state index in [2.05, 4.69) is 32.9 Å². The molecule has 0 unspecified atom stereocenters. The van der Waals surface area contributed by atoms with Crippen LogP contribution in [-0.2, 0) is 9.53 Å². The highest BCUT2D eigenvalue weighted by Gasteiger charge is 2.14. The van der Waals surface area contributed by atoms with Crippen LogP contribution in [0, 0.1) is 10.5 Å². The van der Waals surface area contributed by atoms with Crippen LogP contribution in [0.2, 0.25) is 0 Å². The van der Waals surface area contributed by atoms with Crippen LogP contribution in [0.3, 0.4) is 0 Å². The number of carbonyl (C=O) groups excluding carboxylic acids is 2. The third-order valence-corrected chi connectivity index (χ3v) is 3.94. The van der Waals surface area contributed by atoms with Gasteiger partial charge in [0.1, 0.15) is 5.65 Å². The van der Waals surface area contributed by atoms with Crippen LogP contribution in [0.4, 0.5) is 5.69 Å². The van der Waals surface area contributed by atoms with Crippen molar-refractivity contribution < 1.29 is 14.3 Å². The van der Waals surface area contributed by atoms with E-state index in [1.165, 1.54) is 0 Å². The van der Waals surface area contributed by atoms with Crippen molar-refractivity contribution >= 4 is 45.8 Å². The fourth-order valence-corrected chi connectivity index (χ4v) is 2.69. The second-order valence-corrected chi connectivity index (χ2v) is 6.48. The lowest BCUT2D eigenvalue weighted by molar-refractivity contribution is -0.119. The predicted molar refractivity (Wildman–Crippen MR) is 98.0 cm³/mol. The largest absolute Gasteiger partial charge is 0.451 e. The van der Waals surface area contributed by atoms with Gasteiger partial charge in [-0.1, -0.05) is 6.07 Å². The van der Waals surface area contributed by atoms with Gasteiger partial charge >= 0.3 is 5.97 Å². The van der Waals surface area contributed by atoms with E-state index in [0.29, 0.717) is 11.3 Å². The molecule has 1 N–H and O–H groups in total. The van der Waals surface area contributed by atoms with Gasteiger partial charge in [-0.2, -0.15) is 0 Å². The van der Waals surface area contributed by atoms with E-state index in [9.17, 15) is 9.59 Å². The molecular weight excluding hydrogens is 421 g/mol. The lowest BCUT2D eigenvalue weighted by Gasteiger charge is -2.06. The number of imidazole rings is 1. The van der Waals surface area contributed by atoms with Gasteiger partial charge in [0.05, 0.1) is 0 Å². The Morgan fingerprint density at radius 3 is 2.92 bits per heavy atom. The molecule has 0 aliphatic heterocycles. The molecule has 6 nitrogen and oxygen atoms in total. The predicted octanol–water partition coefficient (Wildman–Crippen LogP) is 3.04. The zero-order valence-corrected chi connectivity index (χ0v) is 15.0. The summed E-state index contributed by atoms with van der Waals surface area (Å²) in [5.74, 6) is -1.03. The Balaban J connectivity index is 1.60. The maximum Gasteiger partial charge on any atom is 0.359 e. The highest BCUT2D eigenvalue weighted by molar-refractivity contribution is 14.1. The molecule has 0 bridgehead atoms. The number of aromatic nitrogens is 2. The average Bonchev–Trinajstić information content (AvgIpc) is 2.95. The molecule has 0 aliphatic rings. The minimum absolute atomic E-state index is 0.169. The molecule has 0 fully saturated rings. The Kier molecular flexibility index (Phi) is 4.79. The van der Waals surface area contributed by atoms with E-state index in [0.717, 1.165) is 9.13 Å². The van der Waals surface area contributed by atoms with Crippen molar-refractivity contribution in [3.05, 3.63) is 63.6 Å². The van der Waals surface area contributed by atoms with Gasteiger partial charge < -0.3 is 14.5 Å². The van der Waals surface area contributed by atoms with Gasteiger partial charge in [0.2, 0.25) is 0 Å². The van der Waals surface area contributed by atoms with E-state index >= 15 is 0 Å². The van der Waals surface area contributed by atoms with Gasteiger partial charge in [-0.05, 0) is 65.4 Å². The zero-order valence-electron chi connectivity index (χ0n) is 12.8. The summed E-state index contributed by atoms with van der Waals surface area (Å²) in [7, 11) is 0. The minimum Gasteiger partial charge on any atom is -0.451 e. The van der Waals surface area contributed by atoms with Crippen molar-refractivity contribution in [1.82, 2.24) is 9.38 Å². The van der Waals surface area contributed by atoms with Crippen LogP contribution in [0.1, 0.15) is 16.1 Å². The summed E-state index contributed by atoms with van der Waals surface area (Å²) < 4.78 is 7.76. The highest BCUT2D eigenvalue weighted by Crippen LogP contribution is 2.12. The fourth-order valence-electron chi connectivity index (χ4n) is 2.15. The molecule has 1 amide bonds. The van der Waals surface area contributed by atoms with Crippen LogP contribution < -0.4 is 5.32 Å². The van der Waals surface area contributed by atoms with E-state index < -0.39 is 11.9 Å². The third-order valence-electron chi connectivity index (χ3n) is 3.27. The van der Waals surface area contributed by atoms with Crippen LogP contribution in [0.15, 0.2) is 48.8 Å². The summed E-state index contributed by atoms with van der Waals surface area (Å²) in [6, 6.07) is 11.1. The molecule has 0 spiro atoms. The number of halogens is 1. The Bertz CT molecular complexity index is 920. The van der Waals surface area contributed by atoms with Gasteiger partial charge in [0.25, 0.3) is 5.91 Å². The van der Waals surface area contributed by atoms with Gasteiger partial charge in [0.15, 0.2) is 12.3 Å². The molecule has 0 radical (unpaired) electrons. The Labute approximate surface area is 152 Å². The van der Waals surface area contributed by atoms with Crippen LogP contribution >= 0.6 is 22.6 Å². The van der Waals surface area contributed by atoms with Gasteiger partial charge in [-0.25, -0.2) is 9.78 Å². The monoisotopic (exact) mass is 435 g/mol. The molecule has 2 heterocycles. The maximum atomic E-state index is 12.0. The average molecular weight is 435 g/mol. The maximum absolute atomic E-state index is 12.0. The molecule has 3 aromatic rings. The molecule has 0 saturated heterocycles. The van der Waals surface area contributed by atoms with E-state index in [4.69, 9.17) is 4.74 Å². The van der Waals surface area contributed by atoms with E-state index in [1.54, 1.807) is 16.7 Å². The summed E-state index contributed by atoms with van der Waals surface area (Å²) in [5.41, 5.74) is 2.53. The smallest absolute Gasteiger partial charge is 0.359 e. The SMILES string of the molecule is Cc1ccn2cc(C(=O)OCC(=O)Nc3cccc(I)c3)nc2c1. The minimum atomic E-state index is -0.630. The number of ether oxygens (including phenoxy) is 1. The number of amides is 1. The first-order valence-electron chi connectivity index (χ1n) is 7.19. The number of fused-ring (bicyclic) bond motifs is 1. The number of hydrogen-bond acceptors (Lipinski definition) is 4. The molecular formula is C17H14IN3O3. The number of pyridine rings is 1. The number of nitrogens with zero attached hydrogens (tertiary/aromatic N) is 2. The van der Waals surface area contributed by atoms with Crippen molar-refractivity contribution in [2.24, 2.45) is 0 Å². The van der Waals surface area contributed by atoms with Crippen molar-refractivity contribution in [3.63, 3.8) is 0 Å². The number of aryl methyl sites for hydroxylation is 1. The number of esters is 1. The lowest BCUT2D eigenvalue weighted by Crippen LogP contribution is -2.21. The molecule has 1 aromatic carbocycles. The second-order valence-electron chi connectivity index (χ2n) is 5.23. The first kappa shape index (κ1) is 16.4. The van der Waals surface area contributed by atoms with Crippen molar-refractivity contribution in [2.75, 3.05) is 11.9 Å². The summed E-state index contributed by atoms with van der Waals surface area (Å²) in [6.07, 6.45) is 3.40. The summed E-state index contributed by atoms with van der Waals surface area (Å²) in [6.45, 7) is 1.58. The van der Waals surface area contributed by atoms with Crippen molar-refractivity contribution in [3.8, 4) is 0 Å². The number of rotatable bonds is 4. The molecule has 3 rings (SSSR count). The normalized spacial score (nSPS) is 10.6.